The van der Waals surface area contributed by atoms with Crippen molar-refractivity contribution < 1.29 is 14.3 Å². The number of urea groups is 1. The van der Waals surface area contributed by atoms with Gasteiger partial charge in [-0.1, -0.05) is 33.8 Å². The molecule has 192 valence electrons. The summed E-state index contributed by atoms with van der Waals surface area (Å²) >= 11 is 0. The van der Waals surface area contributed by atoms with Crippen LogP contribution in [0.5, 0.6) is 5.75 Å². The second-order valence-corrected chi connectivity index (χ2v) is 9.97. The van der Waals surface area contributed by atoms with E-state index in [9.17, 15) is 9.59 Å². The fourth-order valence-electron chi connectivity index (χ4n) is 3.66. The fraction of sp³-hybridized carbons (Fsp3) is 0.393. The monoisotopic (exact) mass is 491 g/mol. The molecule has 36 heavy (non-hydrogen) atoms. The average Bonchev–Trinajstić information content (AvgIpc) is 3.25. The van der Waals surface area contributed by atoms with Crippen LogP contribution in [0.1, 0.15) is 50.9 Å². The first kappa shape index (κ1) is 26.8. The van der Waals surface area contributed by atoms with Gasteiger partial charge in [0, 0.05) is 23.7 Å². The number of anilines is 2. The molecule has 0 saturated carbocycles. The normalized spacial score (nSPS) is 11.2. The number of aryl methyl sites for hydroxylation is 2. The van der Waals surface area contributed by atoms with E-state index in [1.807, 2.05) is 69.3 Å². The van der Waals surface area contributed by atoms with Crippen LogP contribution in [0.25, 0.3) is 5.69 Å². The summed E-state index contributed by atoms with van der Waals surface area (Å²) in [6.45, 7) is 12.6. The molecule has 2 N–H and O–H groups in total. The maximum absolute atomic E-state index is 13.1. The first-order valence-electron chi connectivity index (χ1n) is 12.2. The summed E-state index contributed by atoms with van der Waals surface area (Å²) in [4.78, 5) is 27.6. The van der Waals surface area contributed by atoms with Gasteiger partial charge < -0.3 is 20.3 Å². The molecule has 1 aromatic heterocycles. The number of aromatic nitrogens is 2. The number of rotatable bonds is 8. The Hall–Kier alpha value is -3.81. The molecule has 1 heterocycles. The molecule has 8 heteroatoms. The predicted octanol–water partition coefficient (Wildman–Crippen LogP) is 5.68. The molecule has 0 saturated heterocycles. The Bertz CT molecular complexity index is 1210. The Morgan fingerprint density at radius 3 is 2.28 bits per heavy atom. The van der Waals surface area contributed by atoms with Crippen LogP contribution < -0.4 is 15.4 Å². The summed E-state index contributed by atoms with van der Waals surface area (Å²) in [6, 6.07) is 14.8. The van der Waals surface area contributed by atoms with E-state index in [1.165, 1.54) is 4.90 Å². The van der Waals surface area contributed by atoms with Crippen molar-refractivity contribution in [3.8, 4) is 11.4 Å². The molecular formula is C28H37N5O3. The summed E-state index contributed by atoms with van der Waals surface area (Å²) in [6.07, 6.45) is 0.728. The molecule has 3 rings (SSSR count). The fourth-order valence-corrected chi connectivity index (χ4v) is 3.66. The molecule has 0 atom stereocenters. The van der Waals surface area contributed by atoms with Crippen LogP contribution >= 0.6 is 0 Å². The molecule has 8 nitrogen and oxygen atoms in total. The van der Waals surface area contributed by atoms with Crippen LogP contribution in [-0.2, 0) is 10.2 Å². The Kier molecular flexibility index (Phi) is 8.40. The Morgan fingerprint density at radius 1 is 1.00 bits per heavy atom. The summed E-state index contributed by atoms with van der Waals surface area (Å²) in [5.41, 5.74) is 4.37. The topological polar surface area (TPSA) is 88.5 Å². The molecular weight excluding hydrogens is 454 g/mol. The van der Waals surface area contributed by atoms with E-state index < -0.39 is 0 Å². The van der Waals surface area contributed by atoms with Gasteiger partial charge in [-0.05, 0) is 67.8 Å². The number of nitrogens with one attached hydrogen (secondary N) is 2. The number of carbonyl (C=O) groups is 2. The van der Waals surface area contributed by atoms with Gasteiger partial charge in [-0.2, -0.15) is 5.10 Å². The lowest BCUT2D eigenvalue weighted by Crippen LogP contribution is -2.41. The zero-order valence-electron chi connectivity index (χ0n) is 22.3. The number of hydrogen-bond acceptors (Lipinski definition) is 4. The first-order chi connectivity index (χ1) is 17.0. The van der Waals surface area contributed by atoms with Gasteiger partial charge in [-0.25, -0.2) is 9.48 Å². The molecule has 3 amide bonds. The lowest BCUT2D eigenvalue weighted by molar-refractivity contribution is -0.116. The lowest BCUT2D eigenvalue weighted by Gasteiger charge is -2.22. The quantitative estimate of drug-likeness (QED) is 0.424. The number of amides is 3. The highest BCUT2D eigenvalue weighted by Crippen LogP contribution is 2.27. The van der Waals surface area contributed by atoms with Crippen molar-refractivity contribution in [2.24, 2.45) is 0 Å². The molecule has 0 fully saturated rings. The van der Waals surface area contributed by atoms with Gasteiger partial charge >= 0.3 is 6.03 Å². The van der Waals surface area contributed by atoms with Gasteiger partial charge in [0.2, 0.25) is 5.91 Å². The number of methoxy groups -OCH3 is 1. The van der Waals surface area contributed by atoms with Crippen LogP contribution in [0.2, 0.25) is 0 Å². The predicted molar refractivity (Wildman–Crippen MR) is 144 cm³/mol. The number of benzene rings is 2. The van der Waals surface area contributed by atoms with E-state index in [1.54, 1.807) is 11.8 Å². The third-order valence-corrected chi connectivity index (χ3v) is 5.94. The molecule has 0 unspecified atom stereocenters. The maximum atomic E-state index is 13.1. The highest BCUT2D eigenvalue weighted by molar-refractivity contribution is 5.96. The van der Waals surface area contributed by atoms with Gasteiger partial charge in [0.1, 0.15) is 18.1 Å². The van der Waals surface area contributed by atoms with E-state index in [2.05, 4.69) is 31.4 Å². The van der Waals surface area contributed by atoms with Crippen molar-refractivity contribution in [1.29, 1.82) is 0 Å². The smallest absolute Gasteiger partial charge is 0.322 e. The van der Waals surface area contributed by atoms with E-state index in [-0.39, 0.29) is 23.9 Å². The molecule has 3 aromatic rings. The summed E-state index contributed by atoms with van der Waals surface area (Å²) in [5.74, 6) is 0.979. The van der Waals surface area contributed by atoms with Gasteiger partial charge in [-0.15, -0.1) is 0 Å². The standard InChI is InChI=1S/C28H37N5O3/c1-8-15-32(27(35)29-21-10-9-19(2)20(3)16-21)18-26(34)30-25-17-24(28(4,5)6)31-33(25)22-11-13-23(36-7)14-12-22/h9-14,16-17H,8,15,18H2,1-7H3,(H,29,35)(H,30,34). The van der Waals surface area contributed by atoms with Crippen molar-refractivity contribution in [2.75, 3.05) is 30.8 Å². The minimum atomic E-state index is -0.311. The lowest BCUT2D eigenvalue weighted by atomic mass is 9.92. The maximum Gasteiger partial charge on any atom is 0.322 e. The number of nitrogens with zero attached hydrogens (tertiary/aromatic N) is 3. The van der Waals surface area contributed by atoms with E-state index in [0.29, 0.717) is 18.1 Å². The summed E-state index contributed by atoms with van der Waals surface area (Å²) in [5, 5.41) is 10.6. The van der Waals surface area contributed by atoms with Crippen molar-refractivity contribution >= 4 is 23.4 Å². The second-order valence-electron chi connectivity index (χ2n) is 9.97. The van der Waals surface area contributed by atoms with Crippen LogP contribution in [-0.4, -0.2) is 46.8 Å². The first-order valence-corrected chi connectivity index (χ1v) is 12.2. The zero-order valence-corrected chi connectivity index (χ0v) is 22.3. The average molecular weight is 492 g/mol. The van der Waals surface area contributed by atoms with Crippen molar-refractivity contribution in [3.63, 3.8) is 0 Å². The Balaban J connectivity index is 1.79. The molecule has 0 spiro atoms. The highest BCUT2D eigenvalue weighted by Gasteiger charge is 2.23. The molecule has 0 aliphatic carbocycles. The Labute approximate surface area is 213 Å². The van der Waals surface area contributed by atoms with Gasteiger partial charge in [-0.3, -0.25) is 4.79 Å². The van der Waals surface area contributed by atoms with Crippen LogP contribution in [0.3, 0.4) is 0 Å². The van der Waals surface area contributed by atoms with Crippen molar-refractivity contribution in [2.45, 2.75) is 53.4 Å². The number of ether oxygens (including phenoxy) is 1. The minimum absolute atomic E-state index is 0.0802. The minimum Gasteiger partial charge on any atom is -0.497 e. The van der Waals surface area contributed by atoms with Crippen LogP contribution in [0.15, 0.2) is 48.5 Å². The number of hydrogen-bond donors (Lipinski definition) is 2. The van der Waals surface area contributed by atoms with E-state index >= 15 is 0 Å². The highest BCUT2D eigenvalue weighted by atomic mass is 16.5. The summed E-state index contributed by atoms with van der Waals surface area (Å²) < 4.78 is 6.97. The number of carbonyl (C=O) groups excluding carboxylic acids is 2. The molecule has 0 bridgehead atoms. The molecule has 0 radical (unpaired) electrons. The second kappa shape index (κ2) is 11.3. The molecule has 0 aliphatic heterocycles. The van der Waals surface area contributed by atoms with Gasteiger partial charge in [0.05, 0.1) is 18.5 Å². The largest absolute Gasteiger partial charge is 0.497 e. The molecule has 2 aromatic carbocycles. The van der Waals surface area contributed by atoms with Crippen LogP contribution in [0.4, 0.5) is 16.3 Å². The third kappa shape index (κ3) is 6.65. The van der Waals surface area contributed by atoms with E-state index in [4.69, 9.17) is 9.84 Å². The van der Waals surface area contributed by atoms with Gasteiger partial charge in [0.15, 0.2) is 0 Å². The molecule has 0 aliphatic rings. The van der Waals surface area contributed by atoms with Gasteiger partial charge in [0.25, 0.3) is 0 Å². The van der Waals surface area contributed by atoms with E-state index in [0.717, 1.165) is 34.7 Å². The third-order valence-electron chi connectivity index (χ3n) is 5.94. The van der Waals surface area contributed by atoms with Crippen LogP contribution in [0, 0.1) is 13.8 Å². The van der Waals surface area contributed by atoms with Crippen molar-refractivity contribution in [1.82, 2.24) is 14.7 Å². The van der Waals surface area contributed by atoms with Crippen molar-refractivity contribution in [3.05, 3.63) is 65.4 Å². The SMILES string of the molecule is CCCN(CC(=O)Nc1cc(C(C)(C)C)nn1-c1ccc(OC)cc1)C(=O)Nc1ccc(C)c(C)c1. The Morgan fingerprint density at radius 2 is 1.69 bits per heavy atom. The zero-order chi connectivity index (χ0) is 26.5. The summed E-state index contributed by atoms with van der Waals surface area (Å²) in [7, 11) is 1.62.